The summed E-state index contributed by atoms with van der Waals surface area (Å²) in [4.78, 5) is 0. The first-order chi connectivity index (χ1) is 28.4. The largest absolute Gasteiger partial charge is 0.402 e. The first-order valence-electron chi connectivity index (χ1n) is 22.1. The molecule has 4 aromatic rings. The molecule has 10 atom stereocenters. The standard InChI is InChI=1S/C51H68O7Si/c1-37-31-47(58-59(50(3,4)5,41-23-15-9-16-24-41)42-25-17-10-18-26-42)43(27-29-53-35-39-19-11-7-12-20-39)56-48-33-45-46(57-51(48,6)34-37)32-38(2)49(52)44(55-45)28-30-54-36-40-21-13-8-14-22-40/h7-26,37-38,43-49,52H,27-36H2,1-6H3/t37-,38+,43-,44+,45-,46+,47+,48+,49-,51-/m1/s1. The lowest BCUT2D eigenvalue weighted by Crippen LogP contribution is -2.69. The van der Waals surface area contributed by atoms with Crippen LogP contribution in [-0.4, -0.2) is 75.0 Å². The summed E-state index contributed by atoms with van der Waals surface area (Å²) in [6, 6.07) is 42.4. The molecule has 1 N–H and O–H groups in total. The van der Waals surface area contributed by atoms with Crippen LogP contribution in [-0.2, 0) is 41.3 Å². The molecule has 3 aliphatic heterocycles. The Kier molecular flexibility index (Phi) is 14.6. The fourth-order valence-electron chi connectivity index (χ4n) is 10.1. The van der Waals surface area contributed by atoms with Gasteiger partial charge in [-0.25, -0.2) is 0 Å². The van der Waals surface area contributed by atoms with Crippen LogP contribution in [0.3, 0.4) is 0 Å². The molecule has 7 rings (SSSR count). The normalized spacial score (nSPS) is 30.3. The molecular formula is C51H68O7Si. The lowest BCUT2D eigenvalue weighted by atomic mass is 9.77. The Morgan fingerprint density at radius 1 is 0.661 bits per heavy atom. The molecule has 318 valence electrons. The molecule has 0 radical (unpaired) electrons. The van der Waals surface area contributed by atoms with Gasteiger partial charge in [0.15, 0.2) is 0 Å². The van der Waals surface area contributed by atoms with E-state index in [1.165, 1.54) is 10.4 Å². The van der Waals surface area contributed by atoms with E-state index >= 15 is 0 Å². The summed E-state index contributed by atoms with van der Waals surface area (Å²) < 4.78 is 42.1. The maximum absolute atomic E-state index is 11.6. The molecule has 3 aliphatic rings. The van der Waals surface area contributed by atoms with Crippen LogP contribution in [0.25, 0.3) is 0 Å². The zero-order chi connectivity index (χ0) is 41.5. The molecule has 3 heterocycles. The van der Waals surface area contributed by atoms with Gasteiger partial charge < -0.3 is 33.2 Å². The second-order valence-corrected chi connectivity index (χ2v) is 23.1. The molecule has 3 saturated heterocycles. The minimum atomic E-state index is -2.92. The molecule has 8 heteroatoms. The molecule has 0 aromatic heterocycles. The summed E-state index contributed by atoms with van der Waals surface area (Å²) in [6.07, 6.45) is 2.39. The van der Waals surface area contributed by atoms with Gasteiger partial charge in [-0.1, -0.05) is 156 Å². The molecule has 59 heavy (non-hydrogen) atoms. The molecule has 0 unspecified atom stereocenters. The maximum atomic E-state index is 11.6. The lowest BCUT2D eigenvalue weighted by molar-refractivity contribution is -0.272. The molecular weight excluding hydrogens is 753 g/mol. The van der Waals surface area contributed by atoms with E-state index in [2.05, 4.69) is 139 Å². The maximum Gasteiger partial charge on any atom is 0.261 e. The molecule has 0 saturated carbocycles. The van der Waals surface area contributed by atoms with Gasteiger partial charge in [0, 0.05) is 19.6 Å². The van der Waals surface area contributed by atoms with Gasteiger partial charge in [0.05, 0.1) is 61.5 Å². The highest BCUT2D eigenvalue weighted by molar-refractivity contribution is 6.99. The summed E-state index contributed by atoms with van der Waals surface area (Å²) in [5.74, 6) is 0.318. The molecule has 4 aromatic carbocycles. The zero-order valence-electron chi connectivity index (χ0n) is 36.2. The third-order valence-electron chi connectivity index (χ3n) is 13.1. The predicted octanol–water partition coefficient (Wildman–Crippen LogP) is 9.03. The van der Waals surface area contributed by atoms with Crippen LogP contribution in [0, 0.1) is 11.8 Å². The van der Waals surface area contributed by atoms with Crippen molar-refractivity contribution in [2.45, 2.75) is 147 Å². The smallest absolute Gasteiger partial charge is 0.261 e. The highest BCUT2D eigenvalue weighted by Gasteiger charge is 2.56. The summed E-state index contributed by atoms with van der Waals surface area (Å²) >= 11 is 0. The Morgan fingerprint density at radius 2 is 1.17 bits per heavy atom. The van der Waals surface area contributed by atoms with E-state index in [0.717, 1.165) is 30.4 Å². The summed E-state index contributed by atoms with van der Waals surface area (Å²) in [6.45, 7) is 15.9. The SMILES string of the molecule is C[C@@H]1C[C@H](O[Si](c2ccccc2)(c2ccccc2)C(C)(C)C)[C@@H](CCOCc2ccccc2)O[C@H]2C[C@H]3O[C@@H](CCOCc4ccccc4)[C@H](O)[C@@H](C)C[C@@H]3O[C@]2(C)C1. The van der Waals surface area contributed by atoms with Gasteiger partial charge in [0.25, 0.3) is 8.32 Å². The second-order valence-electron chi connectivity index (χ2n) is 18.8. The number of rotatable bonds is 14. The average molecular weight is 821 g/mol. The van der Waals surface area contributed by atoms with Crippen molar-refractivity contribution in [2.75, 3.05) is 13.2 Å². The van der Waals surface area contributed by atoms with Crippen molar-refractivity contribution in [1.29, 1.82) is 0 Å². The van der Waals surface area contributed by atoms with Gasteiger partial charge in [0.1, 0.15) is 0 Å². The van der Waals surface area contributed by atoms with Gasteiger partial charge in [-0.05, 0) is 77.4 Å². The van der Waals surface area contributed by atoms with Crippen molar-refractivity contribution in [3.63, 3.8) is 0 Å². The Morgan fingerprint density at radius 3 is 1.69 bits per heavy atom. The van der Waals surface area contributed by atoms with Crippen molar-refractivity contribution >= 4 is 18.7 Å². The van der Waals surface area contributed by atoms with E-state index in [-0.39, 0.29) is 47.6 Å². The summed E-state index contributed by atoms with van der Waals surface area (Å²) in [5, 5.41) is 13.9. The molecule has 0 bridgehead atoms. The van der Waals surface area contributed by atoms with Crippen LogP contribution < -0.4 is 10.4 Å². The molecule has 3 fully saturated rings. The molecule has 0 amide bonds. The van der Waals surface area contributed by atoms with Gasteiger partial charge in [-0.3, -0.25) is 0 Å². The number of aliphatic hydroxyl groups is 1. The van der Waals surface area contributed by atoms with Crippen molar-refractivity contribution in [2.24, 2.45) is 11.8 Å². The Hall–Kier alpha value is -3.18. The number of benzene rings is 4. The monoisotopic (exact) mass is 820 g/mol. The fourth-order valence-corrected chi connectivity index (χ4v) is 14.8. The number of ether oxygens (including phenoxy) is 5. The third kappa shape index (κ3) is 10.5. The van der Waals surface area contributed by atoms with Crippen LogP contribution in [0.5, 0.6) is 0 Å². The number of hydrogen-bond acceptors (Lipinski definition) is 7. The van der Waals surface area contributed by atoms with E-state index in [1.807, 2.05) is 24.3 Å². The van der Waals surface area contributed by atoms with Crippen LogP contribution in [0.2, 0.25) is 5.04 Å². The van der Waals surface area contributed by atoms with E-state index in [0.29, 0.717) is 51.6 Å². The van der Waals surface area contributed by atoms with Crippen LogP contribution in [0.15, 0.2) is 121 Å². The van der Waals surface area contributed by atoms with Crippen molar-refractivity contribution in [3.05, 3.63) is 132 Å². The van der Waals surface area contributed by atoms with Gasteiger partial charge in [0.2, 0.25) is 0 Å². The van der Waals surface area contributed by atoms with E-state index < -0.39 is 20.0 Å². The third-order valence-corrected chi connectivity index (χ3v) is 18.1. The van der Waals surface area contributed by atoms with Crippen LogP contribution in [0.1, 0.15) is 91.2 Å². The Labute approximate surface area is 354 Å². The lowest BCUT2D eigenvalue weighted by Gasteiger charge is -2.53. The van der Waals surface area contributed by atoms with E-state index in [9.17, 15) is 5.11 Å². The van der Waals surface area contributed by atoms with Gasteiger partial charge >= 0.3 is 0 Å². The van der Waals surface area contributed by atoms with Crippen molar-refractivity contribution in [3.8, 4) is 0 Å². The van der Waals surface area contributed by atoms with E-state index in [1.54, 1.807) is 0 Å². The number of fused-ring (bicyclic) bond motifs is 2. The predicted molar refractivity (Wildman–Crippen MR) is 237 cm³/mol. The first kappa shape index (κ1) is 43.9. The number of hydrogen-bond donors (Lipinski definition) is 1. The minimum absolute atomic E-state index is 0.0231. The van der Waals surface area contributed by atoms with Crippen molar-refractivity contribution in [1.82, 2.24) is 0 Å². The number of aliphatic hydroxyl groups excluding tert-OH is 1. The quantitative estimate of drug-likeness (QED) is 0.101. The topological polar surface area (TPSA) is 75.6 Å². The summed E-state index contributed by atoms with van der Waals surface area (Å²) in [7, 11) is -2.92. The van der Waals surface area contributed by atoms with E-state index in [4.69, 9.17) is 28.1 Å². The zero-order valence-corrected chi connectivity index (χ0v) is 37.2. The van der Waals surface area contributed by atoms with Crippen LogP contribution >= 0.6 is 0 Å². The van der Waals surface area contributed by atoms with Gasteiger partial charge in [-0.15, -0.1) is 0 Å². The average Bonchev–Trinajstić information content (AvgIpc) is 3.33. The Bertz CT molecular complexity index is 1800. The molecule has 0 aliphatic carbocycles. The van der Waals surface area contributed by atoms with Crippen LogP contribution in [0.4, 0.5) is 0 Å². The Balaban J connectivity index is 1.17. The highest BCUT2D eigenvalue weighted by atomic mass is 28.4. The minimum Gasteiger partial charge on any atom is -0.402 e. The highest BCUT2D eigenvalue weighted by Crippen LogP contribution is 2.46. The second kappa shape index (κ2) is 19.7. The van der Waals surface area contributed by atoms with Crippen molar-refractivity contribution < 1.29 is 33.2 Å². The fraction of sp³-hybridized carbons (Fsp3) is 0.529. The summed E-state index contributed by atoms with van der Waals surface area (Å²) in [5.41, 5.74) is 1.76. The molecule has 7 nitrogen and oxygen atoms in total. The molecule has 0 spiro atoms. The van der Waals surface area contributed by atoms with Gasteiger partial charge in [-0.2, -0.15) is 0 Å². The first-order valence-corrected chi connectivity index (χ1v) is 24.0.